The average Bonchev–Trinajstić information content (AvgIpc) is 2.47. The second kappa shape index (κ2) is 5.91. The minimum absolute atomic E-state index is 0.0371. The molecule has 21 heavy (non-hydrogen) atoms. The summed E-state index contributed by atoms with van der Waals surface area (Å²) in [7, 11) is 1.48. The number of carbonyl (C=O) groups excluding carboxylic acids is 1. The van der Waals surface area contributed by atoms with Crippen molar-refractivity contribution in [2.75, 3.05) is 18.2 Å². The van der Waals surface area contributed by atoms with Gasteiger partial charge in [-0.2, -0.15) is 0 Å². The lowest BCUT2D eigenvalue weighted by Crippen LogP contribution is -2.15. The lowest BCUT2D eigenvalue weighted by atomic mass is 10.1. The molecule has 7 nitrogen and oxygen atoms in total. The van der Waals surface area contributed by atoms with Gasteiger partial charge in [0.15, 0.2) is 0 Å². The summed E-state index contributed by atoms with van der Waals surface area (Å²) >= 11 is 0. The molecule has 0 heterocycles. The summed E-state index contributed by atoms with van der Waals surface area (Å²) < 4.78 is 5.12. The molecule has 0 bridgehead atoms. The first-order valence-electron chi connectivity index (χ1n) is 6.02. The van der Waals surface area contributed by atoms with Crippen LogP contribution in [0.3, 0.4) is 0 Å². The van der Waals surface area contributed by atoms with Crippen LogP contribution in [-0.2, 0) is 0 Å². The van der Waals surface area contributed by atoms with Crippen LogP contribution in [0, 0.1) is 10.1 Å². The maximum atomic E-state index is 12.2. The van der Waals surface area contributed by atoms with Crippen molar-refractivity contribution in [2.24, 2.45) is 0 Å². The fourth-order valence-electron chi connectivity index (χ4n) is 1.85. The van der Waals surface area contributed by atoms with Gasteiger partial charge in [0.1, 0.15) is 11.4 Å². The second-order valence-electron chi connectivity index (χ2n) is 4.15. The number of anilines is 2. The maximum Gasteiger partial charge on any atom is 0.292 e. The molecular formula is C14H13N3O4. The number of hydrogen-bond donors (Lipinski definition) is 2. The average molecular weight is 287 g/mol. The van der Waals surface area contributed by atoms with Crippen molar-refractivity contribution >= 4 is 23.0 Å². The number of nitrogens with one attached hydrogen (secondary N) is 1. The van der Waals surface area contributed by atoms with Crippen molar-refractivity contribution < 1.29 is 14.5 Å². The lowest BCUT2D eigenvalue weighted by Gasteiger charge is -2.10. The number of nitrogens with two attached hydrogens (primary N) is 1. The molecule has 0 aliphatic carbocycles. The number of ether oxygens (including phenoxy) is 1. The third kappa shape index (κ3) is 2.92. The first-order chi connectivity index (χ1) is 10.0. The van der Waals surface area contributed by atoms with Crippen molar-refractivity contribution in [1.82, 2.24) is 0 Å². The summed E-state index contributed by atoms with van der Waals surface area (Å²) in [6.07, 6.45) is 0. The number of amides is 1. The molecule has 3 N–H and O–H groups in total. The van der Waals surface area contributed by atoms with Crippen molar-refractivity contribution in [2.45, 2.75) is 0 Å². The van der Waals surface area contributed by atoms with Crippen LogP contribution >= 0.6 is 0 Å². The highest BCUT2D eigenvalue weighted by Gasteiger charge is 2.19. The number of methoxy groups -OCH3 is 1. The van der Waals surface area contributed by atoms with E-state index in [1.807, 2.05) is 0 Å². The van der Waals surface area contributed by atoms with Gasteiger partial charge in [0, 0.05) is 6.07 Å². The van der Waals surface area contributed by atoms with Crippen molar-refractivity contribution in [1.29, 1.82) is 0 Å². The number of carbonyl (C=O) groups is 1. The number of hydrogen-bond acceptors (Lipinski definition) is 5. The van der Waals surface area contributed by atoms with Crippen molar-refractivity contribution in [3.8, 4) is 5.75 Å². The highest BCUT2D eigenvalue weighted by Crippen LogP contribution is 2.27. The van der Waals surface area contributed by atoms with E-state index in [0.29, 0.717) is 11.4 Å². The Morgan fingerprint density at radius 1 is 1.24 bits per heavy atom. The number of nitro benzene ring substituents is 1. The number of benzene rings is 2. The zero-order chi connectivity index (χ0) is 15.4. The highest BCUT2D eigenvalue weighted by molar-refractivity contribution is 6.09. The van der Waals surface area contributed by atoms with Gasteiger partial charge in [-0.15, -0.1) is 0 Å². The van der Waals surface area contributed by atoms with Gasteiger partial charge in [0.2, 0.25) is 0 Å². The second-order valence-corrected chi connectivity index (χ2v) is 4.15. The molecule has 2 aromatic carbocycles. The molecule has 0 fully saturated rings. The highest BCUT2D eigenvalue weighted by atomic mass is 16.6. The normalized spacial score (nSPS) is 9.95. The van der Waals surface area contributed by atoms with Crippen LogP contribution in [0.25, 0.3) is 0 Å². The molecule has 2 aromatic rings. The predicted octanol–water partition coefficient (Wildman–Crippen LogP) is 2.44. The predicted molar refractivity (Wildman–Crippen MR) is 78.5 cm³/mol. The molecule has 0 saturated carbocycles. The third-order valence-corrected chi connectivity index (χ3v) is 2.88. The molecule has 7 heteroatoms. The van der Waals surface area contributed by atoms with Gasteiger partial charge in [0.25, 0.3) is 11.6 Å². The summed E-state index contributed by atoms with van der Waals surface area (Å²) in [5.41, 5.74) is 5.69. The number of rotatable bonds is 4. The standard InChI is InChI=1S/C14H13N3O4/c1-21-12-8-3-2-6-10(12)16-14(18)9-5-4-7-11(13(9)15)17(19)20/h2-8H,15H2,1H3,(H,16,18). The Kier molecular flexibility index (Phi) is 4.03. The molecule has 0 aromatic heterocycles. The lowest BCUT2D eigenvalue weighted by molar-refractivity contribution is -0.383. The maximum absolute atomic E-state index is 12.2. The summed E-state index contributed by atoms with van der Waals surface area (Å²) in [6, 6.07) is 10.9. The van der Waals surface area contributed by atoms with Crippen molar-refractivity contribution in [3.63, 3.8) is 0 Å². The SMILES string of the molecule is COc1ccccc1NC(=O)c1cccc([N+](=O)[O-])c1N. The zero-order valence-electron chi connectivity index (χ0n) is 11.2. The largest absolute Gasteiger partial charge is 0.495 e. The van der Waals surface area contributed by atoms with Crippen LogP contribution in [-0.4, -0.2) is 17.9 Å². The molecule has 0 unspecified atom stereocenters. The Morgan fingerprint density at radius 3 is 2.62 bits per heavy atom. The van der Waals surface area contributed by atoms with E-state index in [2.05, 4.69) is 5.32 Å². The quantitative estimate of drug-likeness (QED) is 0.510. The van der Waals surface area contributed by atoms with Gasteiger partial charge in [-0.3, -0.25) is 14.9 Å². The molecule has 0 spiro atoms. The first kappa shape index (κ1) is 14.3. The number of nitro groups is 1. The molecule has 0 saturated heterocycles. The summed E-state index contributed by atoms with van der Waals surface area (Å²) in [6.45, 7) is 0. The van der Waals surface area contributed by atoms with E-state index in [1.165, 1.54) is 25.3 Å². The van der Waals surface area contributed by atoms with E-state index in [9.17, 15) is 14.9 Å². The van der Waals surface area contributed by atoms with Gasteiger partial charge in [-0.1, -0.05) is 18.2 Å². The van der Waals surface area contributed by atoms with E-state index in [-0.39, 0.29) is 16.9 Å². The smallest absolute Gasteiger partial charge is 0.292 e. The van der Waals surface area contributed by atoms with E-state index in [0.717, 1.165) is 0 Å². The minimum Gasteiger partial charge on any atom is -0.495 e. The monoisotopic (exact) mass is 287 g/mol. The zero-order valence-corrected chi connectivity index (χ0v) is 11.2. The Morgan fingerprint density at radius 2 is 1.95 bits per heavy atom. The Balaban J connectivity index is 2.33. The molecule has 1 amide bonds. The topological polar surface area (TPSA) is 107 Å². The van der Waals surface area contributed by atoms with Crippen LogP contribution in [0.5, 0.6) is 5.75 Å². The number of nitrogen functional groups attached to an aromatic ring is 1. The van der Waals surface area contributed by atoms with Gasteiger partial charge in [-0.05, 0) is 18.2 Å². The van der Waals surface area contributed by atoms with E-state index in [4.69, 9.17) is 10.5 Å². The fraction of sp³-hybridized carbons (Fsp3) is 0.0714. The number of para-hydroxylation sites is 3. The molecule has 0 radical (unpaired) electrons. The Hall–Kier alpha value is -3.09. The van der Waals surface area contributed by atoms with Crippen LogP contribution in [0.4, 0.5) is 17.1 Å². The van der Waals surface area contributed by atoms with Crippen LogP contribution in [0.15, 0.2) is 42.5 Å². The van der Waals surface area contributed by atoms with Crippen molar-refractivity contribution in [3.05, 3.63) is 58.1 Å². The summed E-state index contributed by atoms with van der Waals surface area (Å²) in [5.74, 6) is -0.0597. The molecule has 108 valence electrons. The molecule has 0 aliphatic heterocycles. The molecule has 0 atom stereocenters. The van der Waals surface area contributed by atoms with Gasteiger partial charge in [-0.25, -0.2) is 0 Å². The summed E-state index contributed by atoms with van der Waals surface area (Å²) in [4.78, 5) is 22.4. The molecule has 2 rings (SSSR count). The first-order valence-corrected chi connectivity index (χ1v) is 6.02. The van der Waals surface area contributed by atoms with Gasteiger partial charge < -0.3 is 15.8 Å². The Labute approximate surface area is 120 Å². The minimum atomic E-state index is -0.630. The van der Waals surface area contributed by atoms with Crippen LogP contribution in [0.1, 0.15) is 10.4 Å². The third-order valence-electron chi connectivity index (χ3n) is 2.88. The van der Waals surface area contributed by atoms with Crippen LogP contribution < -0.4 is 15.8 Å². The van der Waals surface area contributed by atoms with Gasteiger partial charge in [0.05, 0.1) is 23.3 Å². The van der Waals surface area contributed by atoms with E-state index in [1.54, 1.807) is 24.3 Å². The molecular weight excluding hydrogens is 274 g/mol. The van der Waals surface area contributed by atoms with Crippen LogP contribution in [0.2, 0.25) is 0 Å². The molecule has 0 aliphatic rings. The van der Waals surface area contributed by atoms with E-state index < -0.39 is 10.8 Å². The summed E-state index contributed by atoms with van der Waals surface area (Å²) in [5, 5.41) is 13.4. The Bertz CT molecular complexity index is 700. The van der Waals surface area contributed by atoms with E-state index >= 15 is 0 Å². The van der Waals surface area contributed by atoms with Gasteiger partial charge >= 0.3 is 0 Å². The fourth-order valence-corrected chi connectivity index (χ4v) is 1.85. The number of nitrogens with zero attached hydrogens (tertiary/aromatic N) is 1.